The van der Waals surface area contributed by atoms with Crippen LogP contribution in [0.4, 0.5) is 9.59 Å². The fourth-order valence-electron chi connectivity index (χ4n) is 2.12. The lowest BCUT2D eigenvalue weighted by molar-refractivity contribution is -0.0267. The maximum absolute atomic E-state index is 10.7. The molecule has 0 saturated carbocycles. The number of rotatable bonds is 12. The molecule has 2 aliphatic rings. The number of ether oxygens (including phenoxy) is 7. The third-order valence-electron chi connectivity index (χ3n) is 3.42. The Morgan fingerprint density at radius 2 is 1.72 bits per heavy atom. The van der Waals surface area contributed by atoms with Crippen molar-refractivity contribution < 1.29 is 42.7 Å². The molecule has 0 aromatic carbocycles. The molecule has 9 heteroatoms. The molecule has 2 rings (SSSR count). The molecule has 0 spiro atoms. The van der Waals surface area contributed by atoms with E-state index in [1.54, 1.807) is 0 Å². The van der Waals surface area contributed by atoms with Crippen molar-refractivity contribution in [2.24, 2.45) is 0 Å². The third kappa shape index (κ3) is 7.72. The zero-order chi connectivity index (χ0) is 18.1. The molecule has 2 fully saturated rings. The van der Waals surface area contributed by atoms with E-state index in [1.165, 1.54) is 0 Å². The van der Waals surface area contributed by atoms with Gasteiger partial charge >= 0.3 is 12.3 Å². The summed E-state index contributed by atoms with van der Waals surface area (Å²) in [6.07, 6.45) is -1.45. The summed E-state index contributed by atoms with van der Waals surface area (Å²) in [4.78, 5) is 21.5. The molecule has 0 aliphatic carbocycles. The minimum Gasteiger partial charge on any atom is -0.430 e. The van der Waals surface area contributed by atoms with E-state index in [-0.39, 0.29) is 44.7 Å². The maximum atomic E-state index is 10.7. The number of cyclic esters (lactones) is 4. The van der Waals surface area contributed by atoms with Crippen molar-refractivity contribution in [3.63, 3.8) is 0 Å². The van der Waals surface area contributed by atoms with Crippen LogP contribution in [0.15, 0.2) is 12.2 Å². The number of carbonyl (C=O) groups excluding carboxylic acids is 2. The Morgan fingerprint density at radius 1 is 1.12 bits per heavy atom. The van der Waals surface area contributed by atoms with Crippen LogP contribution in [0.25, 0.3) is 0 Å². The Hall–Kier alpha value is -1.84. The molecule has 2 aliphatic heterocycles. The second kappa shape index (κ2) is 10.2. The normalized spacial score (nSPS) is 23.6. The van der Waals surface area contributed by atoms with Crippen LogP contribution in [0.1, 0.15) is 13.3 Å². The molecule has 0 N–H and O–H groups in total. The lowest BCUT2D eigenvalue weighted by atomic mass is 10.2. The van der Waals surface area contributed by atoms with Crippen molar-refractivity contribution >= 4 is 12.3 Å². The van der Waals surface area contributed by atoms with Gasteiger partial charge in [-0.3, -0.25) is 0 Å². The zero-order valence-electron chi connectivity index (χ0n) is 14.3. The Balaban J connectivity index is 1.42. The number of hydrogen-bond acceptors (Lipinski definition) is 9. The van der Waals surface area contributed by atoms with E-state index < -0.39 is 12.3 Å². The van der Waals surface area contributed by atoms with Crippen molar-refractivity contribution in [3.05, 3.63) is 12.2 Å². The van der Waals surface area contributed by atoms with E-state index in [4.69, 9.17) is 23.7 Å². The minimum atomic E-state index is -0.657. The van der Waals surface area contributed by atoms with Crippen molar-refractivity contribution in [3.8, 4) is 0 Å². The molecule has 0 amide bonds. The SMILES string of the molecule is C=C(CCOC(C)COCC1COC(=O)O1)COCC1COC(=O)O1. The van der Waals surface area contributed by atoms with E-state index in [2.05, 4.69) is 16.1 Å². The molecule has 3 unspecified atom stereocenters. The van der Waals surface area contributed by atoms with Crippen LogP contribution in [-0.2, 0) is 33.2 Å². The Labute approximate surface area is 146 Å². The van der Waals surface area contributed by atoms with Gasteiger partial charge in [0.2, 0.25) is 0 Å². The predicted octanol–water partition coefficient (Wildman–Crippen LogP) is 1.44. The molecule has 3 atom stereocenters. The second-order valence-electron chi connectivity index (χ2n) is 5.84. The smallest absolute Gasteiger partial charge is 0.430 e. The molecule has 25 heavy (non-hydrogen) atoms. The molecule has 2 heterocycles. The summed E-state index contributed by atoms with van der Waals surface area (Å²) in [6, 6.07) is 0. The van der Waals surface area contributed by atoms with Crippen LogP contribution in [0.5, 0.6) is 0 Å². The van der Waals surface area contributed by atoms with Gasteiger partial charge in [-0.2, -0.15) is 0 Å². The summed E-state index contributed by atoms with van der Waals surface area (Å²) in [5, 5.41) is 0. The van der Waals surface area contributed by atoms with Crippen LogP contribution < -0.4 is 0 Å². The largest absolute Gasteiger partial charge is 0.508 e. The number of hydrogen-bond donors (Lipinski definition) is 0. The highest BCUT2D eigenvalue weighted by Gasteiger charge is 2.25. The highest BCUT2D eigenvalue weighted by atomic mass is 16.8. The van der Waals surface area contributed by atoms with Gasteiger partial charge in [0.15, 0.2) is 12.2 Å². The molecule has 2 saturated heterocycles. The van der Waals surface area contributed by atoms with E-state index in [1.807, 2.05) is 6.92 Å². The van der Waals surface area contributed by atoms with E-state index in [0.29, 0.717) is 26.2 Å². The molecule has 0 radical (unpaired) electrons. The lowest BCUT2D eigenvalue weighted by Gasteiger charge is -2.15. The van der Waals surface area contributed by atoms with Crippen LogP contribution in [0.2, 0.25) is 0 Å². The first kappa shape index (κ1) is 19.5. The summed E-state index contributed by atoms with van der Waals surface area (Å²) in [7, 11) is 0. The topological polar surface area (TPSA) is 98.8 Å². The molecular weight excluding hydrogens is 336 g/mol. The van der Waals surface area contributed by atoms with Gasteiger partial charge in [0.1, 0.15) is 13.2 Å². The highest BCUT2D eigenvalue weighted by molar-refractivity contribution is 5.62. The fraction of sp³-hybridized carbons (Fsp3) is 0.750. The van der Waals surface area contributed by atoms with Gasteiger partial charge in [-0.1, -0.05) is 6.58 Å². The molecular formula is C16H24O9. The van der Waals surface area contributed by atoms with Crippen molar-refractivity contribution in [2.75, 3.05) is 46.2 Å². The highest BCUT2D eigenvalue weighted by Crippen LogP contribution is 2.09. The van der Waals surface area contributed by atoms with Gasteiger partial charge in [0.25, 0.3) is 0 Å². The van der Waals surface area contributed by atoms with E-state index >= 15 is 0 Å². The molecule has 0 aromatic rings. The number of carbonyl (C=O) groups is 2. The quantitative estimate of drug-likeness (QED) is 0.378. The lowest BCUT2D eigenvalue weighted by Crippen LogP contribution is -2.23. The van der Waals surface area contributed by atoms with Crippen molar-refractivity contribution in [2.45, 2.75) is 31.7 Å². The fourth-order valence-corrected chi connectivity index (χ4v) is 2.12. The third-order valence-corrected chi connectivity index (χ3v) is 3.42. The van der Waals surface area contributed by atoms with Crippen molar-refractivity contribution in [1.82, 2.24) is 0 Å². The van der Waals surface area contributed by atoms with Crippen LogP contribution in [-0.4, -0.2) is 76.9 Å². The van der Waals surface area contributed by atoms with Gasteiger partial charge in [-0.05, 0) is 18.9 Å². The molecule has 0 bridgehead atoms. The first-order chi connectivity index (χ1) is 12.0. The summed E-state index contributed by atoms with van der Waals surface area (Å²) in [5.41, 5.74) is 0.883. The van der Waals surface area contributed by atoms with Gasteiger partial charge in [0, 0.05) is 0 Å². The maximum Gasteiger partial charge on any atom is 0.508 e. The summed E-state index contributed by atoms with van der Waals surface area (Å²) < 4.78 is 35.5. The average molecular weight is 360 g/mol. The van der Waals surface area contributed by atoms with Crippen LogP contribution in [0.3, 0.4) is 0 Å². The Morgan fingerprint density at radius 3 is 2.28 bits per heavy atom. The average Bonchev–Trinajstić information content (AvgIpc) is 3.16. The van der Waals surface area contributed by atoms with Gasteiger partial charge < -0.3 is 33.2 Å². The zero-order valence-corrected chi connectivity index (χ0v) is 14.3. The Bertz CT molecular complexity index is 465. The first-order valence-corrected chi connectivity index (χ1v) is 8.13. The molecule has 142 valence electrons. The first-order valence-electron chi connectivity index (χ1n) is 8.13. The van der Waals surface area contributed by atoms with Gasteiger partial charge in [-0.15, -0.1) is 0 Å². The van der Waals surface area contributed by atoms with Crippen molar-refractivity contribution in [1.29, 1.82) is 0 Å². The summed E-state index contributed by atoms with van der Waals surface area (Å²) in [6.45, 7) is 8.08. The minimum absolute atomic E-state index is 0.0956. The molecule has 0 aromatic heterocycles. The van der Waals surface area contributed by atoms with Crippen LogP contribution >= 0.6 is 0 Å². The summed E-state index contributed by atoms with van der Waals surface area (Å²) in [5.74, 6) is 0. The second-order valence-corrected chi connectivity index (χ2v) is 5.84. The van der Waals surface area contributed by atoms with Crippen LogP contribution in [0, 0.1) is 0 Å². The summed E-state index contributed by atoms with van der Waals surface area (Å²) >= 11 is 0. The van der Waals surface area contributed by atoms with Gasteiger partial charge in [0.05, 0.1) is 39.1 Å². The van der Waals surface area contributed by atoms with E-state index in [9.17, 15) is 9.59 Å². The van der Waals surface area contributed by atoms with E-state index in [0.717, 1.165) is 5.57 Å². The standard InChI is InChI=1S/C16H24O9/c1-11(5-19-7-13-9-22-15(17)24-13)3-4-21-12(2)6-20-8-14-10-23-16(18)25-14/h12-14H,1,3-10H2,2H3. The van der Waals surface area contributed by atoms with Gasteiger partial charge in [-0.25, -0.2) is 9.59 Å². The Kier molecular flexibility index (Phi) is 7.96. The molecule has 9 nitrogen and oxygen atoms in total. The monoisotopic (exact) mass is 360 g/mol. The predicted molar refractivity (Wildman–Crippen MR) is 83.3 cm³/mol.